The summed E-state index contributed by atoms with van der Waals surface area (Å²) in [6.07, 6.45) is 15.3. The Bertz CT molecular complexity index is 261. The van der Waals surface area contributed by atoms with Crippen LogP contribution in [-0.2, 0) is 30.3 Å². The maximum absolute atomic E-state index is 8.52. The van der Waals surface area contributed by atoms with Crippen LogP contribution >= 0.6 is 0 Å². The first kappa shape index (κ1) is 31.4. The molecule has 0 aliphatic carbocycles. The molecule has 0 N–H and O–H groups in total. The van der Waals surface area contributed by atoms with E-state index in [2.05, 4.69) is 10.1 Å². The molecule has 0 bridgehead atoms. The van der Waals surface area contributed by atoms with Crippen LogP contribution in [0.5, 0.6) is 0 Å². The van der Waals surface area contributed by atoms with E-state index in [1.807, 2.05) is 0 Å². The van der Waals surface area contributed by atoms with Gasteiger partial charge in [-0.25, -0.2) is 9.78 Å². The molecular formula is C14H28Na2O8S. The van der Waals surface area contributed by atoms with E-state index in [-0.39, 0.29) is 59.1 Å². The van der Waals surface area contributed by atoms with Gasteiger partial charge < -0.3 is 9.11 Å². The van der Waals surface area contributed by atoms with Crippen molar-refractivity contribution >= 4 is 10.4 Å². The first-order chi connectivity index (χ1) is 11.0. The van der Waals surface area contributed by atoms with Gasteiger partial charge in [-0.3, -0.25) is 8.42 Å². The van der Waals surface area contributed by atoms with Crippen LogP contribution in [0.3, 0.4) is 0 Å². The minimum absolute atomic E-state index is 0. The molecule has 0 spiro atoms. The minimum Gasteiger partial charge on any atom is -0.759 e. The fourth-order valence-electron chi connectivity index (χ4n) is 2.20. The molecule has 1 aliphatic rings. The van der Waals surface area contributed by atoms with Gasteiger partial charge in [0.25, 0.3) is 0 Å². The molecule has 1 fully saturated rings. The molecule has 1 heterocycles. The zero-order chi connectivity index (χ0) is 17.2. The van der Waals surface area contributed by atoms with Gasteiger partial charge in [0.15, 0.2) is 0 Å². The van der Waals surface area contributed by atoms with Gasteiger partial charge in [0.05, 0.1) is 13.2 Å². The van der Waals surface area contributed by atoms with E-state index >= 15 is 0 Å². The van der Waals surface area contributed by atoms with Crippen LogP contribution in [0.1, 0.15) is 77.0 Å². The van der Waals surface area contributed by atoms with Gasteiger partial charge in [-0.1, -0.05) is 64.2 Å². The van der Waals surface area contributed by atoms with E-state index in [4.69, 9.17) is 27.3 Å². The first-order valence-electron chi connectivity index (χ1n) is 8.24. The molecule has 0 amide bonds. The summed E-state index contributed by atoms with van der Waals surface area (Å²) in [6, 6.07) is 0. The van der Waals surface area contributed by atoms with Gasteiger partial charge in [-0.15, -0.1) is 0 Å². The Hall–Kier alpha value is 1.71. The maximum atomic E-state index is 8.52. The summed E-state index contributed by atoms with van der Waals surface area (Å²) in [6.45, 7) is 1.15. The summed E-state index contributed by atoms with van der Waals surface area (Å²) in [5.74, 6) is 0. The summed E-state index contributed by atoms with van der Waals surface area (Å²) in [4.78, 5) is 9.66. The summed E-state index contributed by atoms with van der Waals surface area (Å²) in [5.41, 5.74) is 0. The van der Waals surface area contributed by atoms with Crippen LogP contribution in [0.2, 0.25) is 0 Å². The SMILES string of the molecule is C1CCCCCCCOOOOCCCCCC1.O=S(=O)([O-])[O-].[Na+].[Na+]. The van der Waals surface area contributed by atoms with Crippen molar-refractivity contribution in [3.05, 3.63) is 0 Å². The van der Waals surface area contributed by atoms with Gasteiger partial charge in [0, 0.05) is 10.4 Å². The van der Waals surface area contributed by atoms with Gasteiger partial charge in [-0.05, 0) is 22.9 Å². The van der Waals surface area contributed by atoms with Crippen molar-refractivity contribution < 1.29 is 96.5 Å². The molecule has 1 aliphatic heterocycles. The van der Waals surface area contributed by atoms with Gasteiger partial charge >= 0.3 is 59.1 Å². The standard InChI is InChI=1S/C14H28O4.2Na.H2O4S/c1-2-4-6-8-10-12-14-16-18-17-15-13-11-9-7-5-3-1;;;1-5(2,3)4/h1-14H2;;;(H2,1,2,3,4)/q;2*+1;/p-2. The third-order valence-corrected chi connectivity index (χ3v) is 3.33. The van der Waals surface area contributed by atoms with E-state index in [0.29, 0.717) is 13.2 Å². The van der Waals surface area contributed by atoms with E-state index in [9.17, 15) is 0 Å². The molecule has 0 saturated carbocycles. The summed E-state index contributed by atoms with van der Waals surface area (Å²) in [7, 11) is -5.17. The molecule has 11 heteroatoms. The van der Waals surface area contributed by atoms with Crippen LogP contribution in [-0.4, -0.2) is 30.7 Å². The zero-order valence-corrected chi connectivity index (χ0v) is 20.4. The molecule has 0 aromatic rings. The van der Waals surface area contributed by atoms with Gasteiger partial charge in [0.1, 0.15) is 0 Å². The second-order valence-corrected chi connectivity index (χ2v) is 6.25. The number of hydrogen-bond donors (Lipinski definition) is 0. The van der Waals surface area contributed by atoms with Crippen LogP contribution < -0.4 is 59.1 Å². The zero-order valence-electron chi connectivity index (χ0n) is 15.6. The third-order valence-electron chi connectivity index (χ3n) is 3.33. The maximum Gasteiger partial charge on any atom is 1.00 e. The van der Waals surface area contributed by atoms with Gasteiger partial charge in [-0.2, -0.15) is 0 Å². The fraction of sp³-hybridized carbons (Fsp3) is 1.00. The van der Waals surface area contributed by atoms with Crippen LogP contribution in [0.15, 0.2) is 0 Å². The van der Waals surface area contributed by atoms with Crippen LogP contribution in [0.4, 0.5) is 0 Å². The normalized spacial score (nSPS) is 19.6. The van der Waals surface area contributed by atoms with Crippen molar-refractivity contribution in [1.82, 2.24) is 0 Å². The largest absolute Gasteiger partial charge is 1.00 e. The average molecular weight is 402 g/mol. The molecule has 0 aromatic heterocycles. The quantitative estimate of drug-likeness (QED) is 0.184. The fourth-order valence-corrected chi connectivity index (χ4v) is 2.20. The molecule has 0 unspecified atom stereocenters. The molecule has 8 nitrogen and oxygen atoms in total. The van der Waals surface area contributed by atoms with Crippen molar-refractivity contribution in [2.24, 2.45) is 0 Å². The van der Waals surface area contributed by atoms with Crippen LogP contribution in [0.25, 0.3) is 0 Å². The number of rotatable bonds is 0. The van der Waals surface area contributed by atoms with E-state index < -0.39 is 10.4 Å². The van der Waals surface area contributed by atoms with E-state index in [1.165, 1.54) is 64.2 Å². The second kappa shape index (κ2) is 23.7. The summed E-state index contributed by atoms with van der Waals surface area (Å²) in [5, 5.41) is 8.91. The minimum atomic E-state index is -5.17. The molecule has 1 rings (SSSR count). The molecule has 0 atom stereocenters. The Morgan fingerprint density at radius 3 is 0.960 bits per heavy atom. The summed E-state index contributed by atoms with van der Waals surface area (Å²) >= 11 is 0. The molecular weight excluding hydrogens is 374 g/mol. The predicted molar refractivity (Wildman–Crippen MR) is 80.0 cm³/mol. The van der Waals surface area contributed by atoms with Crippen molar-refractivity contribution in [2.45, 2.75) is 77.0 Å². The molecule has 0 radical (unpaired) electrons. The van der Waals surface area contributed by atoms with E-state index in [1.54, 1.807) is 0 Å². The molecule has 140 valence electrons. The molecule has 0 aromatic carbocycles. The van der Waals surface area contributed by atoms with Crippen molar-refractivity contribution in [2.75, 3.05) is 13.2 Å². The average Bonchev–Trinajstić information content (AvgIpc) is 2.46. The topological polar surface area (TPSA) is 117 Å². The smallest absolute Gasteiger partial charge is 0.759 e. The predicted octanol–water partition coefficient (Wildman–Crippen LogP) is -2.84. The first-order valence-corrected chi connectivity index (χ1v) is 9.58. The van der Waals surface area contributed by atoms with Crippen molar-refractivity contribution in [3.63, 3.8) is 0 Å². The monoisotopic (exact) mass is 402 g/mol. The Morgan fingerprint density at radius 2 is 0.720 bits per heavy atom. The molecule has 1 saturated heterocycles. The summed E-state index contributed by atoms with van der Waals surface area (Å²) < 4.78 is 34.1. The van der Waals surface area contributed by atoms with Crippen LogP contribution in [0, 0.1) is 0 Å². The third kappa shape index (κ3) is 37.2. The second-order valence-electron chi connectivity index (χ2n) is 5.43. The van der Waals surface area contributed by atoms with Gasteiger partial charge in [0.2, 0.25) is 0 Å². The van der Waals surface area contributed by atoms with E-state index in [0.717, 1.165) is 12.8 Å². The Kier molecular flexibility index (Phi) is 29.8. The van der Waals surface area contributed by atoms with Crippen molar-refractivity contribution in [1.29, 1.82) is 0 Å². The van der Waals surface area contributed by atoms with Crippen molar-refractivity contribution in [3.8, 4) is 0 Å². The Labute approximate surface area is 195 Å². The number of hydrogen-bond acceptors (Lipinski definition) is 8. The Morgan fingerprint density at radius 1 is 0.520 bits per heavy atom. The Balaban J connectivity index is -0.000000610. The molecule has 25 heavy (non-hydrogen) atoms.